The highest BCUT2D eigenvalue weighted by atomic mass is 32.1. The van der Waals surface area contributed by atoms with Crippen molar-refractivity contribution in [2.45, 2.75) is 59.3 Å². The summed E-state index contributed by atoms with van der Waals surface area (Å²) < 4.78 is 0. The summed E-state index contributed by atoms with van der Waals surface area (Å²) in [5.74, 6) is -3.17. The third-order valence-electron chi connectivity index (χ3n) is 5.40. The Labute approximate surface area is 251 Å². The zero-order chi connectivity index (χ0) is 29.3. The SMILES string of the molecule is CC.CCCCCCCCNC(=O)C(=O)c1ccc(-c2cccs2)s1.O=C(O)C(=O)c1ccc(-c2cccs2)s1. The van der Waals surface area contributed by atoms with Gasteiger partial charge in [-0.3, -0.25) is 14.4 Å². The van der Waals surface area contributed by atoms with Gasteiger partial charge >= 0.3 is 5.97 Å². The lowest BCUT2D eigenvalue weighted by atomic mass is 10.1. The molecule has 0 saturated carbocycles. The molecular formula is C30H35NO5S4. The molecule has 0 aliphatic heterocycles. The highest BCUT2D eigenvalue weighted by Crippen LogP contribution is 2.32. The smallest absolute Gasteiger partial charge is 0.378 e. The molecule has 4 rings (SSSR count). The highest BCUT2D eigenvalue weighted by molar-refractivity contribution is 7.23. The summed E-state index contributed by atoms with van der Waals surface area (Å²) in [5, 5.41) is 15.2. The molecule has 2 N–H and O–H groups in total. The maximum Gasteiger partial charge on any atom is 0.378 e. The molecule has 0 atom stereocenters. The third kappa shape index (κ3) is 10.6. The van der Waals surface area contributed by atoms with Crippen LogP contribution in [0.3, 0.4) is 0 Å². The van der Waals surface area contributed by atoms with Gasteiger partial charge in [0.05, 0.1) is 9.75 Å². The van der Waals surface area contributed by atoms with Crippen molar-refractivity contribution in [3.63, 3.8) is 0 Å². The van der Waals surface area contributed by atoms with Crippen LogP contribution >= 0.6 is 45.3 Å². The molecule has 214 valence electrons. The van der Waals surface area contributed by atoms with Crippen molar-refractivity contribution in [3.8, 4) is 19.5 Å². The average Bonchev–Trinajstić information content (AvgIpc) is 3.79. The normalized spacial score (nSPS) is 10.1. The van der Waals surface area contributed by atoms with Crippen molar-refractivity contribution in [1.82, 2.24) is 5.32 Å². The van der Waals surface area contributed by atoms with Gasteiger partial charge in [-0.1, -0.05) is 65.0 Å². The maximum absolute atomic E-state index is 12.1. The van der Waals surface area contributed by atoms with E-state index in [1.165, 1.54) is 48.4 Å². The Morgan fingerprint density at radius 2 is 1.18 bits per heavy atom. The Balaban J connectivity index is 0.000000284. The summed E-state index contributed by atoms with van der Waals surface area (Å²) in [6, 6.07) is 14.8. The van der Waals surface area contributed by atoms with Crippen molar-refractivity contribution in [1.29, 1.82) is 0 Å². The van der Waals surface area contributed by atoms with Crippen LogP contribution in [0.1, 0.15) is 78.6 Å². The lowest BCUT2D eigenvalue weighted by molar-refractivity contribution is -0.131. The number of carboxylic acid groups (broad SMARTS) is 1. The molecule has 6 nitrogen and oxygen atoms in total. The molecule has 0 spiro atoms. The summed E-state index contributed by atoms with van der Waals surface area (Å²) in [6.07, 6.45) is 7.01. The largest absolute Gasteiger partial charge is 0.475 e. The zero-order valence-electron chi connectivity index (χ0n) is 22.9. The molecule has 4 aromatic heterocycles. The van der Waals surface area contributed by atoms with E-state index in [-0.39, 0.29) is 4.88 Å². The van der Waals surface area contributed by atoms with Crippen molar-refractivity contribution < 1.29 is 24.3 Å². The van der Waals surface area contributed by atoms with E-state index < -0.39 is 23.4 Å². The van der Waals surface area contributed by atoms with Crippen molar-refractivity contribution in [3.05, 3.63) is 69.0 Å². The maximum atomic E-state index is 12.1. The summed E-state index contributed by atoms with van der Waals surface area (Å²) in [6.45, 7) is 6.78. The first-order valence-corrected chi connectivity index (χ1v) is 16.7. The topological polar surface area (TPSA) is 101 Å². The van der Waals surface area contributed by atoms with Gasteiger partial charge in [-0.15, -0.1) is 45.3 Å². The Morgan fingerprint density at radius 3 is 1.65 bits per heavy atom. The first-order valence-electron chi connectivity index (χ1n) is 13.3. The van der Waals surface area contributed by atoms with Gasteiger partial charge in [0, 0.05) is 26.1 Å². The van der Waals surface area contributed by atoms with Crippen LogP contribution in [0.25, 0.3) is 19.5 Å². The first kappa shape index (κ1) is 33.3. The van der Waals surface area contributed by atoms with Gasteiger partial charge in [-0.25, -0.2) is 4.79 Å². The molecule has 1 amide bonds. The van der Waals surface area contributed by atoms with Crippen molar-refractivity contribution in [2.24, 2.45) is 0 Å². The summed E-state index contributed by atoms with van der Waals surface area (Å²) in [7, 11) is 0. The van der Waals surface area contributed by atoms with Crippen LogP contribution in [0, 0.1) is 0 Å². The number of amides is 1. The molecule has 0 aliphatic rings. The van der Waals surface area contributed by atoms with Crippen LogP contribution < -0.4 is 5.32 Å². The lowest BCUT2D eigenvalue weighted by Gasteiger charge is -2.03. The number of carboxylic acids is 1. The Hall–Kier alpha value is -2.92. The number of hydrogen-bond acceptors (Lipinski definition) is 8. The fourth-order valence-electron chi connectivity index (χ4n) is 3.43. The number of unbranched alkanes of at least 4 members (excludes halogenated alkanes) is 5. The monoisotopic (exact) mass is 617 g/mol. The second-order valence-corrected chi connectivity index (χ2v) is 12.3. The van der Waals surface area contributed by atoms with Crippen LogP contribution in [-0.2, 0) is 9.59 Å². The molecule has 0 bridgehead atoms. The van der Waals surface area contributed by atoms with Gasteiger partial charge in [0.1, 0.15) is 0 Å². The molecule has 40 heavy (non-hydrogen) atoms. The fraction of sp³-hybridized carbons (Fsp3) is 0.333. The predicted molar refractivity (Wildman–Crippen MR) is 169 cm³/mol. The number of carbonyl (C=O) groups excluding carboxylic acids is 3. The molecule has 4 heterocycles. The van der Waals surface area contributed by atoms with E-state index in [4.69, 9.17) is 5.11 Å². The number of rotatable bonds is 13. The molecule has 0 fully saturated rings. The second-order valence-electron chi connectivity index (χ2n) is 8.27. The summed E-state index contributed by atoms with van der Waals surface area (Å²) >= 11 is 5.78. The van der Waals surface area contributed by atoms with Crippen LogP contribution in [-0.4, -0.2) is 35.1 Å². The molecule has 0 radical (unpaired) electrons. The molecule has 4 aromatic rings. The molecule has 0 aliphatic carbocycles. The van der Waals surface area contributed by atoms with Gasteiger partial charge in [0.15, 0.2) is 0 Å². The van der Waals surface area contributed by atoms with Crippen LogP contribution in [0.2, 0.25) is 0 Å². The van der Waals surface area contributed by atoms with Gasteiger partial charge in [0.25, 0.3) is 17.5 Å². The zero-order valence-corrected chi connectivity index (χ0v) is 26.2. The fourth-order valence-corrected chi connectivity index (χ4v) is 6.98. The van der Waals surface area contributed by atoms with Crippen LogP contribution in [0.15, 0.2) is 59.3 Å². The van der Waals surface area contributed by atoms with Crippen LogP contribution in [0.4, 0.5) is 0 Å². The number of carbonyl (C=O) groups is 4. The average molecular weight is 618 g/mol. The van der Waals surface area contributed by atoms with Crippen LogP contribution in [0.5, 0.6) is 0 Å². The number of aliphatic carboxylic acids is 1. The number of ketones is 2. The molecule has 0 saturated heterocycles. The number of nitrogens with one attached hydrogen (secondary N) is 1. The number of hydrogen-bond donors (Lipinski definition) is 2. The minimum Gasteiger partial charge on any atom is -0.475 e. The van der Waals surface area contributed by atoms with E-state index in [0.717, 1.165) is 32.4 Å². The van der Waals surface area contributed by atoms with Gasteiger partial charge in [-0.05, 0) is 53.6 Å². The number of thiophene rings is 4. The molecule has 10 heteroatoms. The lowest BCUT2D eigenvalue weighted by Crippen LogP contribution is -2.31. The summed E-state index contributed by atoms with van der Waals surface area (Å²) in [4.78, 5) is 50.6. The molecular weight excluding hydrogens is 583 g/mol. The van der Waals surface area contributed by atoms with Gasteiger partial charge in [0.2, 0.25) is 0 Å². The first-order chi connectivity index (χ1) is 19.4. The van der Waals surface area contributed by atoms with Gasteiger partial charge in [-0.2, -0.15) is 0 Å². The summed E-state index contributed by atoms with van der Waals surface area (Å²) in [5.41, 5.74) is 0. The van der Waals surface area contributed by atoms with E-state index >= 15 is 0 Å². The van der Waals surface area contributed by atoms with E-state index in [1.54, 1.807) is 40.9 Å². The second kappa shape index (κ2) is 18.4. The number of Topliss-reactive ketones (excluding diaryl/α,β-unsaturated/α-hetero) is 2. The standard InChI is InChI=1S/C18H23NO2S2.C10H6O3S2.C2H6/c1-2-3-4-5-6-7-12-19-18(21)17(20)16-11-10-15(23-16)14-9-8-13-22-14;11-9(10(12)13)8-4-3-7(15-8)6-2-1-5-14-6;1-2/h8-11,13H,2-7,12H2,1H3,(H,19,21);1-5H,(H,12,13);1-2H3. The van der Waals surface area contributed by atoms with E-state index in [9.17, 15) is 19.2 Å². The third-order valence-corrected chi connectivity index (χ3v) is 9.70. The van der Waals surface area contributed by atoms with Crippen molar-refractivity contribution >= 4 is 68.8 Å². The van der Waals surface area contributed by atoms with Crippen molar-refractivity contribution in [2.75, 3.05) is 6.54 Å². The van der Waals surface area contributed by atoms with E-state index in [1.807, 2.05) is 54.9 Å². The minimum atomic E-state index is -1.41. The predicted octanol–water partition coefficient (Wildman–Crippen LogP) is 8.91. The van der Waals surface area contributed by atoms with E-state index in [2.05, 4.69) is 12.2 Å². The molecule has 0 unspecified atom stereocenters. The quantitative estimate of drug-likeness (QED) is 0.0886. The Morgan fingerprint density at radius 1 is 0.675 bits per heavy atom. The molecule has 0 aromatic carbocycles. The van der Waals surface area contributed by atoms with E-state index in [0.29, 0.717) is 11.4 Å². The Bertz CT molecular complexity index is 1320. The highest BCUT2D eigenvalue weighted by Gasteiger charge is 2.19. The Kier molecular flexibility index (Phi) is 15.3. The van der Waals surface area contributed by atoms with Gasteiger partial charge < -0.3 is 10.4 Å². The minimum absolute atomic E-state index is 0.269.